The van der Waals surface area contributed by atoms with Crippen molar-refractivity contribution < 1.29 is 4.39 Å². The van der Waals surface area contributed by atoms with Crippen LogP contribution in [0.2, 0.25) is 0 Å². The van der Waals surface area contributed by atoms with E-state index in [4.69, 9.17) is 5.73 Å². The van der Waals surface area contributed by atoms with Crippen molar-refractivity contribution in [3.63, 3.8) is 0 Å². The van der Waals surface area contributed by atoms with Gasteiger partial charge in [0, 0.05) is 18.6 Å². The highest BCUT2D eigenvalue weighted by Gasteiger charge is 2.23. The summed E-state index contributed by atoms with van der Waals surface area (Å²) in [6.07, 6.45) is 2.02. The summed E-state index contributed by atoms with van der Waals surface area (Å²) in [7, 11) is 0. The number of para-hydroxylation sites is 1. The number of anilines is 1. The first kappa shape index (κ1) is 17.0. The molecule has 0 aliphatic rings. The van der Waals surface area contributed by atoms with E-state index in [1.807, 2.05) is 13.0 Å². The van der Waals surface area contributed by atoms with Gasteiger partial charge in [0.05, 0.1) is 5.69 Å². The molecule has 0 saturated heterocycles. The average Bonchev–Trinajstić information content (AvgIpc) is 2.38. The van der Waals surface area contributed by atoms with Gasteiger partial charge in [0.25, 0.3) is 0 Å². The Kier molecular flexibility index (Phi) is 6.47. The van der Waals surface area contributed by atoms with E-state index in [0.717, 1.165) is 24.9 Å². The second kappa shape index (κ2) is 7.63. The van der Waals surface area contributed by atoms with E-state index >= 15 is 0 Å². The molecule has 0 radical (unpaired) electrons. The van der Waals surface area contributed by atoms with Gasteiger partial charge in [0.1, 0.15) is 5.82 Å². The summed E-state index contributed by atoms with van der Waals surface area (Å²) in [6, 6.07) is 5.42. The lowest BCUT2D eigenvalue weighted by atomic mass is 10.0. The van der Waals surface area contributed by atoms with Crippen LogP contribution in [0.3, 0.4) is 0 Å². The minimum atomic E-state index is -0.162. The van der Waals surface area contributed by atoms with Crippen LogP contribution in [0.25, 0.3) is 0 Å². The second-order valence-electron chi connectivity index (χ2n) is 5.98. The molecule has 0 saturated carbocycles. The second-order valence-corrected chi connectivity index (χ2v) is 5.98. The number of nitrogens with zero attached hydrogens (tertiary/aromatic N) is 1. The number of halogens is 1. The normalized spacial score (nSPS) is 13.1. The number of nitrogens with two attached hydrogens (primary N) is 1. The van der Waals surface area contributed by atoms with Crippen LogP contribution in [0.4, 0.5) is 10.1 Å². The Morgan fingerprint density at radius 2 is 1.75 bits per heavy atom. The van der Waals surface area contributed by atoms with Gasteiger partial charge in [-0.2, -0.15) is 0 Å². The molecule has 20 heavy (non-hydrogen) atoms. The molecule has 0 fully saturated rings. The molecule has 0 aliphatic heterocycles. The van der Waals surface area contributed by atoms with Crippen molar-refractivity contribution in [2.75, 3.05) is 11.4 Å². The molecule has 1 aromatic carbocycles. The Morgan fingerprint density at radius 3 is 2.20 bits per heavy atom. The zero-order valence-corrected chi connectivity index (χ0v) is 13.5. The van der Waals surface area contributed by atoms with Gasteiger partial charge in [-0.05, 0) is 37.3 Å². The van der Waals surface area contributed by atoms with E-state index in [1.54, 1.807) is 6.07 Å². The van der Waals surface area contributed by atoms with Crippen LogP contribution in [-0.4, -0.2) is 12.6 Å². The van der Waals surface area contributed by atoms with Crippen LogP contribution < -0.4 is 10.6 Å². The molecule has 2 nitrogen and oxygen atoms in total. The van der Waals surface area contributed by atoms with Gasteiger partial charge < -0.3 is 10.6 Å². The van der Waals surface area contributed by atoms with Crippen LogP contribution >= 0.6 is 0 Å². The highest BCUT2D eigenvalue weighted by Crippen LogP contribution is 2.32. The standard InChI is InChI=1S/C17H29FN2/c1-6-14(7-2)20(11-12(3)4)17-15(13(5)19)9-8-10-16(17)18/h8-10,12-14H,6-7,11,19H2,1-5H3. The maximum Gasteiger partial charge on any atom is 0.146 e. The summed E-state index contributed by atoms with van der Waals surface area (Å²) in [6.45, 7) is 11.4. The molecule has 2 N–H and O–H groups in total. The molecule has 1 atom stereocenters. The third kappa shape index (κ3) is 3.95. The number of benzene rings is 1. The zero-order chi connectivity index (χ0) is 15.3. The smallest absolute Gasteiger partial charge is 0.146 e. The highest BCUT2D eigenvalue weighted by atomic mass is 19.1. The van der Waals surface area contributed by atoms with Crippen molar-refractivity contribution in [1.29, 1.82) is 0 Å². The van der Waals surface area contributed by atoms with Crippen LogP contribution in [0.15, 0.2) is 18.2 Å². The van der Waals surface area contributed by atoms with Crippen LogP contribution in [0.5, 0.6) is 0 Å². The minimum absolute atomic E-state index is 0.160. The van der Waals surface area contributed by atoms with Crippen molar-refractivity contribution in [3.8, 4) is 0 Å². The Morgan fingerprint density at radius 1 is 1.15 bits per heavy atom. The van der Waals surface area contributed by atoms with Gasteiger partial charge in [0.15, 0.2) is 0 Å². The summed E-state index contributed by atoms with van der Waals surface area (Å²) >= 11 is 0. The lowest BCUT2D eigenvalue weighted by Crippen LogP contribution is -2.39. The largest absolute Gasteiger partial charge is 0.366 e. The molecule has 0 bridgehead atoms. The van der Waals surface area contributed by atoms with E-state index in [1.165, 1.54) is 6.07 Å². The Hall–Kier alpha value is -1.09. The molecule has 0 aliphatic carbocycles. The van der Waals surface area contributed by atoms with E-state index in [9.17, 15) is 4.39 Å². The lowest BCUT2D eigenvalue weighted by Gasteiger charge is -2.36. The summed E-state index contributed by atoms with van der Waals surface area (Å²) in [5, 5.41) is 0. The molecule has 0 spiro atoms. The molecule has 0 amide bonds. The zero-order valence-electron chi connectivity index (χ0n) is 13.5. The first-order chi connectivity index (χ1) is 9.42. The average molecular weight is 280 g/mol. The molecule has 0 heterocycles. The van der Waals surface area contributed by atoms with E-state index in [-0.39, 0.29) is 11.9 Å². The topological polar surface area (TPSA) is 29.3 Å². The molecule has 3 heteroatoms. The van der Waals surface area contributed by atoms with Crippen LogP contribution in [0.1, 0.15) is 59.1 Å². The molecule has 1 unspecified atom stereocenters. The Labute approximate surface area is 123 Å². The Balaban J connectivity index is 3.32. The van der Waals surface area contributed by atoms with Crippen molar-refractivity contribution >= 4 is 5.69 Å². The van der Waals surface area contributed by atoms with E-state index in [0.29, 0.717) is 17.6 Å². The van der Waals surface area contributed by atoms with Crippen molar-refractivity contribution in [1.82, 2.24) is 0 Å². The quantitative estimate of drug-likeness (QED) is 0.797. The number of hydrogen-bond acceptors (Lipinski definition) is 2. The van der Waals surface area contributed by atoms with Gasteiger partial charge in [-0.3, -0.25) is 0 Å². The maximum absolute atomic E-state index is 14.4. The fourth-order valence-corrected chi connectivity index (χ4v) is 2.75. The monoisotopic (exact) mass is 280 g/mol. The van der Waals surface area contributed by atoms with Gasteiger partial charge in [-0.1, -0.05) is 39.8 Å². The third-order valence-corrected chi connectivity index (χ3v) is 3.74. The summed E-state index contributed by atoms with van der Waals surface area (Å²) < 4.78 is 14.4. The summed E-state index contributed by atoms with van der Waals surface area (Å²) in [4.78, 5) is 2.22. The fraction of sp³-hybridized carbons (Fsp3) is 0.647. The predicted octanol–water partition coefficient (Wildman–Crippen LogP) is 4.50. The molecular weight excluding hydrogens is 251 g/mol. The van der Waals surface area contributed by atoms with Crippen molar-refractivity contribution in [2.24, 2.45) is 11.7 Å². The van der Waals surface area contributed by atoms with Crippen LogP contribution in [-0.2, 0) is 0 Å². The highest BCUT2D eigenvalue weighted by molar-refractivity contribution is 5.57. The van der Waals surface area contributed by atoms with Gasteiger partial charge in [0.2, 0.25) is 0 Å². The van der Waals surface area contributed by atoms with Gasteiger partial charge >= 0.3 is 0 Å². The molecule has 114 valence electrons. The van der Waals surface area contributed by atoms with Gasteiger partial charge in [-0.25, -0.2) is 4.39 Å². The number of hydrogen-bond donors (Lipinski definition) is 1. The minimum Gasteiger partial charge on any atom is -0.366 e. The van der Waals surface area contributed by atoms with E-state index in [2.05, 4.69) is 32.6 Å². The maximum atomic E-state index is 14.4. The summed E-state index contributed by atoms with van der Waals surface area (Å²) in [5.74, 6) is 0.323. The first-order valence-electron chi connectivity index (χ1n) is 7.72. The fourth-order valence-electron chi connectivity index (χ4n) is 2.75. The Bertz CT molecular complexity index is 411. The van der Waals surface area contributed by atoms with E-state index < -0.39 is 0 Å². The summed E-state index contributed by atoms with van der Waals surface area (Å²) in [5.41, 5.74) is 7.64. The van der Waals surface area contributed by atoms with Crippen LogP contribution in [0, 0.1) is 11.7 Å². The number of rotatable bonds is 7. The SMILES string of the molecule is CCC(CC)N(CC(C)C)c1c(F)cccc1C(C)N. The third-order valence-electron chi connectivity index (χ3n) is 3.74. The first-order valence-corrected chi connectivity index (χ1v) is 7.72. The van der Waals surface area contributed by atoms with Crippen molar-refractivity contribution in [3.05, 3.63) is 29.6 Å². The molecule has 1 rings (SSSR count). The predicted molar refractivity (Wildman–Crippen MR) is 85.6 cm³/mol. The molecular formula is C17H29FN2. The van der Waals surface area contributed by atoms with Crippen molar-refractivity contribution in [2.45, 2.75) is 59.5 Å². The van der Waals surface area contributed by atoms with Gasteiger partial charge in [-0.15, -0.1) is 0 Å². The molecule has 0 aromatic heterocycles. The molecule has 1 aromatic rings. The lowest BCUT2D eigenvalue weighted by molar-refractivity contribution is 0.493.